The summed E-state index contributed by atoms with van der Waals surface area (Å²) in [7, 11) is -3.71. The van der Waals surface area contributed by atoms with Gasteiger partial charge in [-0.25, -0.2) is 14.2 Å². The number of aliphatic carboxylic acids is 1. The van der Waals surface area contributed by atoms with Gasteiger partial charge in [0, 0.05) is 6.42 Å². The number of carboxylic acids is 1. The Balaban J connectivity index is 2.79. The molecule has 9 nitrogen and oxygen atoms in total. The van der Waals surface area contributed by atoms with Crippen LogP contribution in [0.3, 0.4) is 0 Å². The molecule has 1 amide bonds. The average molecular weight is 417 g/mol. The van der Waals surface area contributed by atoms with Crippen LogP contribution in [0.2, 0.25) is 0 Å². The van der Waals surface area contributed by atoms with Crippen molar-refractivity contribution in [3.05, 3.63) is 29.8 Å². The fourth-order valence-corrected chi connectivity index (χ4v) is 3.30. The van der Waals surface area contributed by atoms with Crippen molar-refractivity contribution >= 4 is 19.9 Å². The van der Waals surface area contributed by atoms with E-state index in [1.54, 1.807) is 46.8 Å². The molecule has 28 heavy (non-hydrogen) atoms. The monoisotopic (exact) mass is 417 g/mol. The number of ether oxygens (including phenoxy) is 1. The van der Waals surface area contributed by atoms with Crippen molar-refractivity contribution in [2.45, 2.75) is 52.7 Å². The van der Waals surface area contributed by atoms with E-state index in [-0.39, 0.29) is 25.4 Å². The Bertz CT molecular complexity index is 689. The van der Waals surface area contributed by atoms with Crippen LogP contribution in [0.5, 0.6) is 5.75 Å². The van der Waals surface area contributed by atoms with Crippen molar-refractivity contribution in [1.29, 1.82) is 0 Å². The van der Waals surface area contributed by atoms with Gasteiger partial charge in [0.25, 0.3) is 0 Å². The summed E-state index contributed by atoms with van der Waals surface area (Å²) in [4.78, 5) is 23.3. The second-order valence-corrected chi connectivity index (χ2v) is 8.35. The van der Waals surface area contributed by atoms with E-state index < -0.39 is 31.5 Å². The second kappa shape index (κ2) is 10.5. The molecule has 0 saturated heterocycles. The maximum Gasteiger partial charge on any atom is 0.530 e. The summed E-state index contributed by atoms with van der Waals surface area (Å²) in [5.74, 6) is -0.940. The van der Waals surface area contributed by atoms with Crippen LogP contribution in [-0.4, -0.2) is 42.0 Å². The Labute approximate surface area is 164 Å². The number of phosphoric acid groups is 1. The molecule has 0 aliphatic carbocycles. The number of hydrogen-bond acceptors (Lipinski definition) is 7. The number of amides is 1. The van der Waals surface area contributed by atoms with Gasteiger partial charge in [-0.3, -0.25) is 9.05 Å². The molecule has 2 N–H and O–H groups in total. The molecule has 10 heteroatoms. The first-order valence-corrected chi connectivity index (χ1v) is 10.3. The molecule has 0 unspecified atom stereocenters. The lowest BCUT2D eigenvalue weighted by atomic mass is 10.1. The lowest BCUT2D eigenvalue weighted by molar-refractivity contribution is -0.139. The van der Waals surface area contributed by atoms with E-state index in [0.717, 1.165) is 0 Å². The van der Waals surface area contributed by atoms with E-state index in [4.69, 9.17) is 18.3 Å². The zero-order valence-corrected chi connectivity index (χ0v) is 17.7. The van der Waals surface area contributed by atoms with Gasteiger partial charge >= 0.3 is 19.9 Å². The Morgan fingerprint density at radius 2 is 1.64 bits per heavy atom. The summed E-state index contributed by atoms with van der Waals surface area (Å²) in [5, 5.41) is 11.7. The molecule has 0 saturated carbocycles. The third-order valence-corrected chi connectivity index (χ3v) is 4.73. The highest BCUT2D eigenvalue weighted by Gasteiger charge is 2.28. The highest BCUT2D eigenvalue weighted by molar-refractivity contribution is 7.48. The molecular weight excluding hydrogens is 389 g/mol. The molecule has 0 aromatic heterocycles. The van der Waals surface area contributed by atoms with Crippen molar-refractivity contribution in [3.63, 3.8) is 0 Å². The molecule has 1 atom stereocenters. The summed E-state index contributed by atoms with van der Waals surface area (Å²) >= 11 is 0. The number of carboxylic acid groups (broad SMARTS) is 1. The van der Waals surface area contributed by atoms with Gasteiger partial charge in [-0.05, 0) is 52.3 Å². The summed E-state index contributed by atoms with van der Waals surface area (Å²) < 4.78 is 32.9. The van der Waals surface area contributed by atoms with Crippen molar-refractivity contribution in [2.75, 3.05) is 13.2 Å². The SMILES string of the molecule is CCOP(=O)(OCC)Oc1ccc(C[C@H](NC(=O)OC(C)(C)C)C(=O)O)cc1. The number of carbonyl (C=O) groups is 2. The first kappa shape index (κ1) is 23.9. The number of rotatable bonds is 10. The van der Waals surface area contributed by atoms with Gasteiger partial charge in [0.1, 0.15) is 17.4 Å². The summed E-state index contributed by atoms with van der Waals surface area (Å²) in [6.07, 6.45) is -0.780. The van der Waals surface area contributed by atoms with Gasteiger partial charge < -0.3 is 19.7 Å². The lowest BCUT2D eigenvalue weighted by Crippen LogP contribution is -2.44. The molecule has 0 spiro atoms. The summed E-state index contributed by atoms with van der Waals surface area (Å²) in [5.41, 5.74) is -0.111. The van der Waals surface area contributed by atoms with E-state index in [2.05, 4.69) is 5.32 Å². The number of carbonyl (C=O) groups excluding carboxylic acids is 1. The van der Waals surface area contributed by atoms with E-state index in [1.165, 1.54) is 12.1 Å². The first-order valence-electron chi connectivity index (χ1n) is 8.88. The van der Waals surface area contributed by atoms with E-state index in [0.29, 0.717) is 5.56 Å². The topological polar surface area (TPSA) is 120 Å². The van der Waals surface area contributed by atoms with Crippen LogP contribution in [0, 0.1) is 0 Å². The van der Waals surface area contributed by atoms with Crippen LogP contribution in [-0.2, 0) is 29.6 Å². The van der Waals surface area contributed by atoms with Crippen LogP contribution in [0.25, 0.3) is 0 Å². The van der Waals surface area contributed by atoms with Crippen LogP contribution < -0.4 is 9.84 Å². The first-order chi connectivity index (χ1) is 13.0. The van der Waals surface area contributed by atoms with Gasteiger partial charge in [-0.1, -0.05) is 12.1 Å². The number of alkyl carbamates (subject to hydrolysis) is 1. The largest absolute Gasteiger partial charge is 0.530 e. The fourth-order valence-electron chi connectivity index (χ4n) is 2.11. The minimum Gasteiger partial charge on any atom is -0.480 e. The Morgan fingerprint density at radius 1 is 1.11 bits per heavy atom. The lowest BCUT2D eigenvalue weighted by Gasteiger charge is -2.22. The minimum atomic E-state index is -3.71. The van der Waals surface area contributed by atoms with Crippen LogP contribution >= 0.6 is 7.82 Å². The third kappa shape index (κ3) is 8.73. The van der Waals surface area contributed by atoms with Gasteiger partial charge in [-0.15, -0.1) is 0 Å². The minimum absolute atomic E-state index is 0.0312. The van der Waals surface area contributed by atoms with Crippen molar-refractivity contribution in [3.8, 4) is 5.75 Å². The maximum atomic E-state index is 12.4. The summed E-state index contributed by atoms with van der Waals surface area (Å²) in [6.45, 7) is 8.71. The average Bonchev–Trinajstić information content (AvgIpc) is 2.54. The van der Waals surface area contributed by atoms with Gasteiger partial charge in [-0.2, -0.15) is 0 Å². The number of benzene rings is 1. The highest BCUT2D eigenvalue weighted by Crippen LogP contribution is 2.49. The molecule has 0 bridgehead atoms. The zero-order chi connectivity index (χ0) is 21.4. The van der Waals surface area contributed by atoms with Gasteiger partial charge in [0.05, 0.1) is 13.2 Å². The van der Waals surface area contributed by atoms with Crippen LogP contribution in [0.4, 0.5) is 4.79 Å². The van der Waals surface area contributed by atoms with E-state index in [9.17, 15) is 19.3 Å². The molecule has 0 radical (unpaired) electrons. The standard InChI is InChI=1S/C18H28NO8P/c1-6-24-28(23,25-7-2)27-14-10-8-13(9-11-14)12-15(16(20)21)19-17(22)26-18(3,4)5/h8-11,15H,6-7,12H2,1-5H3,(H,19,22)(H,20,21)/t15-/m0/s1. The Kier molecular flexibility index (Phi) is 8.94. The quantitative estimate of drug-likeness (QED) is 0.552. The normalized spacial score (nSPS) is 12.9. The number of hydrogen-bond donors (Lipinski definition) is 2. The van der Waals surface area contributed by atoms with Crippen LogP contribution in [0.1, 0.15) is 40.2 Å². The molecule has 1 aromatic carbocycles. The Hall–Kier alpha value is -2.09. The molecule has 0 fully saturated rings. The van der Waals surface area contributed by atoms with Gasteiger partial charge in [0.2, 0.25) is 0 Å². The fraction of sp³-hybridized carbons (Fsp3) is 0.556. The highest BCUT2D eigenvalue weighted by atomic mass is 31.2. The van der Waals surface area contributed by atoms with Crippen LogP contribution in [0.15, 0.2) is 24.3 Å². The second-order valence-electron chi connectivity index (χ2n) is 6.76. The van der Waals surface area contributed by atoms with Gasteiger partial charge in [0.15, 0.2) is 0 Å². The molecule has 0 aliphatic rings. The number of nitrogens with one attached hydrogen (secondary N) is 1. The number of phosphoric ester groups is 1. The van der Waals surface area contributed by atoms with E-state index in [1.807, 2.05) is 0 Å². The predicted octanol–water partition coefficient (Wildman–Crippen LogP) is 3.77. The van der Waals surface area contributed by atoms with Crippen molar-refractivity contribution < 1.29 is 37.6 Å². The predicted molar refractivity (Wildman–Crippen MR) is 102 cm³/mol. The maximum absolute atomic E-state index is 12.4. The molecule has 1 rings (SSSR count). The molecule has 158 valence electrons. The summed E-state index contributed by atoms with van der Waals surface area (Å²) in [6, 6.07) is 5.08. The zero-order valence-electron chi connectivity index (χ0n) is 16.8. The molecule has 0 aliphatic heterocycles. The smallest absolute Gasteiger partial charge is 0.480 e. The third-order valence-electron chi connectivity index (χ3n) is 3.14. The van der Waals surface area contributed by atoms with E-state index >= 15 is 0 Å². The molecular formula is C18H28NO8P. The Morgan fingerprint density at radius 3 is 2.07 bits per heavy atom. The molecule has 1 aromatic rings. The molecule has 0 heterocycles. The van der Waals surface area contributed by atoms with Crippen molar-refractivity contribution in [2.24, 2.45) is 0 Å². The van der Waals surface area contributed by atoms with Crippen molar-refractivity contribution in [1.82, 2.24) is 5.32 Å².